The number of nitrogens with zero attached hydrogens (tertiary/aromatic N) is 1. The predicted octanol–water partition coefficient (Wildman–Crippen LogP) is 0.500. The molecule has 0 spiro atoms. The van der Waals surface area contributed by atoms with Crippen molar-refractivity contribution >= 4 is 5.91 Å². The summed E-state index contributed by atoms with van der Waals surface area (Å²) in [4.78, 5) is 14.8. The van der Waals surface area contributed by atoms with Crippen LogP contribution in [-0.4, -0.2) is 61.8 Å². The monoisotopic (exact) mass is 281 g/mol. The average Bonchev–Trinajstić information content (AvgIpc) is 3.18. The predicted molar refractivity (Wildman–Crippen MR) is 77.6 cm³/mol. The van der Waals surface area contributed by atoms with Crippen molar-refractivity contribution in [1.29, 1.82) is 0 Å². The zero-order valence-electron chi connectivity index (χ0n) is 12.3. The van der Waals surface area contributed by atoms with Gasteiger partial charge in [-0.2, -0.15) is 0 Å². The minimum atomic E-state index is 0.0328. The summed E-state index contributed by atoms with van der Waals surface area (Å²) in [5, 5.41) is 6.49. The van der Waals surface area contributed by atoms with E-state index in [2.05, 4.69) is 15.5 Å². The van der Waals surface area contributed by atoms with Crippen LogP contribution in [0.1, 0.15) is 38.5 Å². The largest absolute Gasteiger partial charge is 0.381 e. The number of likely N-dealkylation sites (tertiary alicyclic amines) is 1. The van der Waals surface area contributed by atoms with Crippen molar-refractivity contribution in [2.45, 2.75) is 50.1 Å². The van der Waals surface area contributed by atoms with E-state index in [9.17, 15) is 4.79 Å². The van der Waals surface area contributed by atoms with Gasteiger partial charge in [0, 0.05) is 25.3 Å². The van der Waals surface area contributed by atoms with E-state index in [4.69, 9.17) is 4.74 Å². The molecule has 1 amide bonds. The van der Waals surface area contributed by atoms with Crippen molar-refractivity contribution in [3.05, 3.63) is 0 Å². The van der Waals surface area contributed by atoms with Crippen LogP contribution in [0.25, 0.3) is 0 Å². The van der Waals surface area contributed by atoms with Gasteiger partial charge in [-0.15, -0.1) is 0 Å². The maximum absolute atomic E-state index is 12.2. The van der Waals surface area contributed by atoms with E-state index in [-0.39, 0.29) is 17.5 Å². The van der Waals surface area contributed by atoms with E-state index >= 15 is 0 Å². The van der Waals surface area contributed by atoms with Gasteiger partial charge >= 0.3 is 0 Å². The van der Waals surface area contributed by atoms with Gasteiger partial charge in [0.1, 0.15) is 0 Å². The standard InChI is InChI=1S/C15H27N3O2/c19-14(13-4-3-7-16-13)17-12-15(5-10-20-11-6-15)18-8-1-2-9-18/h13,16H,1-12H2,(H,17,19). The zero-order chi connectivity index (χ0) is 13.8. The third-order valence-corrected chi connectivity index (χ3v) is 5.17. The van der Waals surface area contributed by atoms with Crippen molar-refractivity contribution in [3.63, 3.8) is 0 Å². The first-order valence-electron chi connectivity index (χ1n) is 8.14. The van der Waals surface area contributed by atoms with Gasteiger partial charge in [-0.05, 0) is 58.2 Å². The van der Waals surface area contributed by atoms with Gasteiger partial charge in [0.05, 0.1) is 6.04 Å². The maximum atomic E-state index is 12.2. The molecule has 20 heavy (non-hydrogen) atoms. The maximum Gasteiger partial charge on any atom is 0.237 e. The van der Waals surface area contributed by atoms with Crippen molar-refractivity contribution in [2.75, 3.05) is 39.4 Å². The summed E-state index contributed by atoms with van der Waals surface area (Å²) in [5.74, 6) is 0.188. The highest BCUT2D eigenvalue weighted by molar-refractivity contribution is 5.82. The Hall–Kier alpha value is -0.650. The van der Waals surface area contributed by atoms with E-state index in [1.807, 2.05) is 0 Å². The van der Waals surface area contributed by atoms with E-state index in [1.165, 1.54) is 25.9 Å². The minimum absolute atomic E-state index is 0.0328. The molecule has 5 heteroatoms. The van der Waals surface area contributed by atoms with Gasteiger partial charge in [0.2, 0.25) is 5.91 Å². The van der Waals surface area contributed by atoms with E-state index in [0.717, 1.165) is 52.0 Å². The summed E-state index contributed by atoms with van der Waals surface area (Å²) in [6.07, 6.45) is 6.77. The quantitative estimate of drug-likeness (QED) is 0.788. The molecule has 3 rings (SSSR count). The highest BCUT2D eigenvalue weighted by Crippen LogP contribution is 2.30. The summed E-state index contributed by atoms with van der Waals surface area (Å²) >= 11 is 0. The summed E-state index contributed by atoms with van der Waals surface area (Å²) in [5.41, 5.74) is 0.142. The Morgan fingerprint density at radius 1 is 1.25 bits per heavy atom. The van der Waals surface area contributed by atoms with Gasteiger partial charge < -0.3 is 15.4 Å². The molecule has 0 aliphatic carbocycles. The summed E-state index contributed by atoms with van der Waals surface area (Å²) < 4.78 is 5.54. The lowest BCUT2D eigenvalue weighted by Crippen LogP contribution is -2.58. The smallest absolute Gasteiger partial charge is 0.237 e. The summed E-state index contributed by atoms with van der Waals surface area (Å²) in [7, 11) is 0. The zero-order valence-corrected chi connectivity index (χ0v) is 12.3. The normalized spacial score (nSPS) is 30.5. The number of hydrogen-bond acceptors (Lipinski definition) is 4. The molecule has 3 aliphatic heterocycles. The Bertz CT molecular complexity index is 330. The Morgan fingerprint density at radius 3 is 2.65 bits per heavy atom. The Labute approximate surface area is 121 Å². The van der Waals surface area contributed by atoms with E-state index in [0.29, 0.717) is 0 Å². The molecule has 2 N–H and O–H groups in total. The first kappa shape index (κ1) is 14.3. The lowest BCUT2D eigenvalue weighted by molar-refractivity contribution is -0.124. The Balaban J connectivity index is 1.59. The summed E-state index contributed by atoms with van der Waals surface area (Å²) in [6.45, 7) is 5.77. The van der Waals surface area contributed by atoms with Crippen LogP contribution in [0.4, 0.5) is 0 Å². The molecule has 0 bridgehead atoms. The fourth-order valence-electron chi connectivity index (χ4n) is 3.83. The van der Waals surface area contributed by atoms with Crippen molar-refractivity contribution < 1.29 is 9.53 Å². The Morgan fingerprint density at radius 2 is 2.00 bits per heavy atom. The number of hydrogen-bond donors (Lipinski definition) is 2. The molecule has 3 saturated heterocycles. The lowest BCUT2D eigenvalue weighted by atomic mass is 9.88. The molecule has 0 radical (unpaired) electrons. The van der Waals surface area contributed by atoms with Crippen LogP contribution in [0.15, 0.2) is 0 Å². The van der Waals surface area contributed by atoms with Crippen LogP contribution in [0.2, 0.25) is 0 Å². The second-order valence-corrected chi connectivity index (χ2v) is 6.40. The molecule has 0 aromatic heterocycles. The first-order valence-corrected chi connectivity index (χ1v) is 8.14. The SMILES string of the molecule is O=C(NCC1(N2CCCC2)CCOCC1)C1CCCN1. The lowest BCUT2D eigenvalue weighted by Gasteiger charge is -2.44. The number of nitrogens with one attached hydrogen (secondary N) is 2. The van der Waals surface area contributed by atoms with Gasteiger partial charge in [-0.3, -0.25) is 9.69 Å². The molecule has 5 nitrogen and oxygen atoms in total. The van der Waals surface area contributed by atoms with Crippen molar-refractivity contribution in [2.24, 2.45) is 0 Å². The van der Waals surface area contributed by atoms with E-state index in [1.54, 1.807) is 0 Å². The third kappa shape index (κ3) is 3.00. The molecule has 114 valence electrons. The van der Waals surface area contributed by atoms with Gasteiger partial charge in [0.15, 0.2) is 0 Å². The number of rotatable bonds is 4. The Kier molecular flexibility index (Phi) is 4.58. The fourth-order valence-corrected chi connectivity index (χ4v) is 3.83. The van der Waals surface area contributed by atoms with Crippen LogP contribution in [0.5, 0.6) is 0 Å². The molecule has 0 saturated carbocycles. The molecule has 0 aromatic carbocycles. The molecular weight excluding hydrogens is 254 g/mol. The fraction of sp³-hybridized carbons (Fsp3) is 0.933. The van der Waals surface area contributed by atoms with Crippen LogP contribution in [0, 0.1) is 0 Å². The van der Waals surface area contributed by atoms with Crippen molar-refractivity contribution in [3.8, 4) is 0 Å². The molecule has 3 aliphatic rings. The number of amides is 1. The van der Waals surface area contributed by atoms with Crippen LogP contribution in [-0.2, 0) is 9.53 Å². The average molecular weight is 281 g/mol. The highest BCUT2D eigenvalue weighted by atomic mass is 16.5. The number of ether oxygens (including phenoxy) is 1. The molecular formula is C15H27N3O2. The molecule has 0 aromatic rings. The number of carbonyl (C=O) groups excluding carboxylic acids is 1. The first-order chi connectivity index (χ1) is 9.80. The molecule has 1 atom stereocenters. The van der Waals surface area contributed by atoms with Crippen LogP contribution < -0.4 is 10.6 Å². The van der Waals surface area contributed by atoms with Gasteiger partial charge in [0.25, 0.3) is 0 Å². The topological polar surface area (TPSA) is 53.6 Å². The third-order valence-electron chi connectivity index (χ3n) is 5.17. The molecule has 3 heterocycles. The molecule has 3 fully saturated rings. The summed E-state index contributed by atoms with van der Waals surface area (Å²) in [6, 6.07) is 0.0328. The van der Waals surface area contributed by atoms with Gasteiger partial charge in [-0.25, -0.2) is 0 Å². The molecule has 1 unspecified atom stereocenters. The van der Waals surface area contributed by atoms with Crippen LogP contribution in [0.3, 0.4) is 0 Å². The van der Waals surface area contributed by atoms with Crippen molar-refractivity contribution in [1.82, 2.24) is 15.5 Å². The highest BCUT2D eigenvalue weighted by Gasteiger charge is 2.40. The van der Waals surface area contributed by atoms with Gasteiger partial charge in [-0.1, -0.05) is 0 Å². The second-order valence-electron chi connectivity index (χ2n) is 6.40. The second kappa shape index (κ2) is 6.41. The number of carbonyl (C=O) groups is 1. The van der Waals surface area contributed by atoms with Crippen LogP contribution >= 0.6 is 0 Å². The minimum Gasteiger partial charge on any atom is -0.381 e. The van der Waals surface area contributed by atoms with E-state index < -0.39 is 0 Å².